The van der Waals surface area contributed by atoms with Gasteiger partial charge in [-0.15, -0.1) is 0 Å². The third-order valence-corrected chi connectivity index (χ3v) is 2.56. The van der Waals surface area contributed by atoms with Gasteiger partial charge in [0.2, 0.25) is 0 Å². The molecule has 1 aromatic heterocycles. The van der Waals surface area contributed by atoms with Gasteiger partial charge in [0.1, 0.15) is 11.3 Å². The summed E-state index contributed by atoms with van der Waals surface area (Å²) < 4.78 is 4.72. The van der Waals surface area contributed by atoms with Crippen LogP contribution in [0.15, 0.2) is 28.8 Å². The number of nitrogens with zero attached hydrogens (tertiary/aromatic N) is 2. The van der Waals surface area contributed by atoms with Crippen molar-refractivity contribution in [1.82, 2.24) is 5.16 Å². The Morgan fingerprint density at radius 3 is 2.55 bits per heavy atom. The molecule has 100 valence electrons. The molecule has 0 saturated heterocycles. The van der Waals surface area contributed by atoms with Crippen LogP contribution in [0.4, 0.5) is 5.69 Å². The normalized spacial score (nSPS) is 9.80. The summed E-state index contributed by atoms with van der Waals surface area (Å²) in [5.41, 5.74) is 0.313. The topological polar surface area (TPSA) is 116 Å². The van der Waals surface area contributed by atoms with E-state index in [1.54, 1.807) is 0 Å². The zero-order valence-corrected chi connectivity index (χ0v) is 10.4. The molecule has 2 rings (SSSR count). The molecule has 0 aliphatic heterocycles. The van der Waals surface area contributed by atoms with Crippen LogP contribution in [-0.2, 0) is 0 Å². The Balaban J connectivity index is 2.24. The highest BCUT2D eigenvalue weighted by atomic mass is 16.5. The quantitative estimate of drug-likeness (QED) is 0.879. The number of rotatable bonds is 3. The molecule has 2 aromatic rings. The summed E-state index contributed by atoms with van der Waals surface area (Å²) in [6, 6.07) is 8.07. The zero-order valence-electron chi connectivity index (χ0n) is 10.4. The van der Waals surface area contributed by atoms with Gasteiger partial charge < -0.3 is 14.9 Å². The number of benzene rings is 1. The summed E-state index contributed by atoms with van der Waals surface area (Å²) in [5, 5.41) is 23.6. The summed E-state index contributed by atoms with van der Waals surface area (Å²) in [4.78, 5) is 23.0. The lowest BCUT2D eigenvalue weighted by Gasteiger charge is -2.03. The van der Waals surface area contributed by atoms with Gasteiger partial charge in [-0.2, -0.15) is 5.26 Å². The van der Waals surface area contributed by atoms with Gasteiger partial charge in [-0.25, -0.2) is 4.79 Å². The molecule has 0 radical (unpaired) electrons. The Bertz CT molecular complexity index is 710. The summed E-state index contributed by atoms with van der Waals surface area (Å²) >= 11 is 0. The largest absolute Gasteiger partial charge is 0.477 e. The summed E-state index contributed by atoms with van der Waals surface area (Å²) in [5.74, 6) is -1.92. The van der Waals surface area contributed by atoms with Crippen LogP contribution in [0.1, 0.15) is 32.2 Å². The van der Waals surface area contributed by atoms with Crippen molar-refractivity contribution in [3.63, 3.8) is 0 Å². The van der Waals surface area contributed by atoms with Crippen molar-refractivity contribution in [2.45, 2.75) is 6.92 Å². The fourth-order valence-corrected chi connectivity index (χ4v) is 1.60. The Kier molecular flexibility index (Phi) is 3.48. The molecule has 0 saturated carbocycles. The third-order valence-electron chi connectivity index (χ3n) is 2.56. The maximum Gasteiger partial charge on any atom is 0.341 e. The van der Waals surface area contributed by atoms with E-state index in [-0.39, 0.29) is 17.0 Å². The predicted octanol–water partition coefficient (Wildman–Crippen LogP) is 1.81. The number of carboxylic acid groups (broad SMARTS) is 1. The molecule has 7 nitrogen and oxygen atoms in total. The highest BCUT2D eigenvalue weighted by Gasteiger charge is 2.25. The number of nitrogens with one attached hydrogen (secondary N) is 1. The minimum Gasteiger partial charge on any atom is -0.477 e. The van der Waals surface area contributed by atoms with E-state index in [0.717, 1.165) is 0 Å². The Morgan fingerprint density at radius 2 is 2.00 bits per heavy atom. The van der Waals surface area contributed by atoms with Crippen LogP contribution in [0, 0.1) is 18.3 Å². The lowest BCUT2D eigenvalue weighted by atomic mass is 10.1. The Hall–Kier alpha value is -3.14. The first-order valence-electron chi connectivity index (χ1n) is 5.54. The van der Waals surface area contributed by atoms with Gasteiger partial charge in [0.15, 0.2) is 5.69 Å². The second kappa shape index (κ2) is 5.24. The molecule has 1 amide bonds. The molecule has 0 aliphatic rings. The summed E-state index contributed by atoms with van der Waals surface area (Å²) in [6.07, 6.45) is 0. The van der Waals surface area contributed by atoms with Crippen molar-refractivity contribution in [1.29, 1.82) is 5.26 Å². The second-order valence-electron chi connectivity index (χ2n) is 3.91. The maximum absolute atomic E-state index is 11.9. The van der Waals surface area contributed by atoms with Crippen LogP contribution in [-0.4, -0.2) is 22.1 Å². The van der Waals surface area contributed by atoms with Gasteiger partial charge in [-0.1, -0.05) is 5.16 Å². The average Bonchev–Trinajstić information content (AvgIpc) is 2.81. The first-order chi connectivity index (χ1) is 9.52. The van der Waals surface area contributed by atoms with Crippen molar-refractivity contribution >= 4 is 17.6 Å². The molecule has 0 atom stereocenters. The molecule has 7 heteroatoms. The number of aromatic nitrogens is 1. The van der Waals surface area contributed by atoms with Crippen LogP contribution >= 0.6 is 0 Å². The number of nitriles is 1. The molecule has 0 bridgehead atoms. The van der Waals surface area contributed by atoms with E-state index in [4.69, 9.17) is 14.9 Å². The SMILES string of the molecule is Cc1onc(C(=O)Nc2ccc(C#N)cc2)c1C(=O)O. The van der Waals surface area contributed by atoms with Gasteiger partial charge in [0, 0.05) is 5.69 Å². The average molecular weight is 271 g/mol. The minimum atomic E-state index is -1.28. The Morgan fingerprint density at radius 1 is 1.35 bits per heavy atom. The molecule has 20 heavy (non-hydrogen) atoms. The van der Waals surface area contributed by atoms with E-state index in [0.29, 0.717) is 11.3 Å². The van der Waals surface area contributed by atoms with E-state index in [2.05, 4.69) is 10.5 Å². The second-order valence-corrected chi connectivity index (χ2v) is 3.91. The first kappa shape index (κ1) is 13.3. The van der Waals surface area contributed by atoms with Crippen molar-refractivity contribution in [3.8, 4) is 6.07 Å². The molecule has 1 aromatic carbocycles. The van der Waals surface area contributed by atoms with E-state index in [9.17, 15) is 9.59 Å². The summed E-state index contributed by atoms with van der Waals surface area (Å²) in [7, 11) is 0. The van der Waals surface area contributed by atoms with Crippen LogP contribution in [0.3, 0.4) is 0 Å². The molecule has 0 fully saturated rings. The van der Waals surface area contributed by atoms with E-state index >= 15 is 0 Å². The number of aromatic carboxylic acids is 1. The standard InChI is InChI=1S/C13H9N3O4/c1-7-10(13(18)19)11(16-20-7)12(17)15-9-4-2-8(6-14)3-5-9/h2-5H,1H3,(H,15,17)(H,18,19). The number of hydrogen-bond acceptors (Lipinski definition) is 5. The van der Waals surface area contributed by atoms with Crippen molar-refractivity contribution < 1.29 is 19.2 Å². The van der Waals surface area contributed by atoms with Crippen molar-refractivity contribution in [3.05, 3.63) is 46.8 Å². The van der Waals surface area contributed by atoms with Gasteiger partial charge in [0.25, 0.3) is 5.91 Å². The van der Waals surface area contributed by atoms with Crippen LogP contribution in [0.25, 0.3) is 0 Å². The fraction of sp³-hybridized carbons (Fsp3) is 0.0769. The molecular formula is C13H9N3O4. The lowest BCUT2D eigenvalue weighted by Crippen LogP contribution is -2.16. The number of carbonyl (C=O) groups is 2. The van der Waals surface area contributed by atoms with Gasteiger partial charge in [-0.05, 0) is 31.2 Å². The number of carbonyl (C=O) groups excluding carboxylic acids is 1. The van der Waals surface area contributed by atoms with E-state index in [1.165, 1.54) is 31.2 Å². The zero-order chi connectivity index (χ0) is 14.7. The van der Waals surface area contributed by atoms with Crippen LogP contribution in [0.2, 0.25) is 0 Å². The van der Waals surface area contributed by atoms with Crippen molar-refractivity contribution in [2.75, 3.05) is 5.32 Å². The highest BCUT2D eigenvalue weighted by Crippen LogP contribution is 2.16. The van der Waals surface area contributed by atoms with Crippen LogP contribution < -0.4 is 5.32 Å². The van der Waals surface area contributed by atoms with Crippen molar-refractivity contribution in [2.24, 2.45) is 0 Å². The van der Waals surface area contributed by atoms with Gasteiger partial charge >= 0.3 is 5.97 Å². The van der Waals surface area contributed by atoms with E-state index in [1.807, 2.05) is 6.07 Å². The molecular weight excluding hydrogens is 262 g/mol. The number of aryl methyl sites for hydroxylation is 1. The maximum atomic E-state index is 11.9. The molecule has 0 unspecified atom stereocenters. The number of hydrogen-bond donors (Lipinski definition) is 2. The number of carboxylic acids is 1. The monoisotopic (exact) mass is 271 g/mol. The van der Waals surface area contributed by atoms with Gasteiger partial charge in [-0.3, -0.25) is 4.79 Å². The molecule has 1 heterocycles. The summed E-state index contributed by atoms with van der Waals surface area (Å²) in [6.45, 7) is 1.41. The van der Waals surface area contributed by atoms with Crippen LogP contribution in [0.5, 0.6) is 0 Å². The Labute approximate surface area is 113 Å². The molecule has 0 spiro atoms. The third kappa shape index (κ3) is 2.49. The number of anilines is 1. The highest BCUT2D eigenvalue weighted by molar-refractivity contribution is 6.09. The van der Waals surface area contributed by atoms with Gasteiger partial charge in [0.05, 0.1) is 11.6 Å². The fourth-order valence-electron chi connectivity index (χ4n) is 1.60. The number of amides is 1. The first-order valence-corrected chi connectivity index (χ1v) is 5.54. The minimum absolute atomic E-state index is 0.0579. The smallest absolute Gasteiger partial charge is 0.341 e. The molecule has 0 aliphatic carbocycles. The molecule has 2 N–H and O–H groups in total. The predicted molar refractivity (Wildman–Crippen MR) is 67.3 cm³/mol. The lowest BCUT2D eigenvalue weighted by molar-refractivity contribution is 0.0691. The van der Waals surface area contributed by atoms with E-state index < -0.39 is 11.9 Å².